The van der Waals surface area contributed by atoms with Crippen LogP contribution in [0, 0.1) is 0 Å². The lowest BCUT2D eigenvalue weighted by Crippen LogP contribution is -2.37. The summed E-state index contributed by atoms with van der Waals surface area (Å²) >= 11 is 16.5. The van der Waals surface area contributed by atoms with E-state index < -0.39 is 0 Å². The van der Waals surface area contributed by atoms with Crippen molar-refractivity contribution in [3.63, 3.8) is 0 Å². The van der Waals surface area contributed by atoms with Gasteiger partial charge in [-0.2, -0.15) is 0 Å². The van der Waals surface area contributed by atoms with Crippen LogP contribution in [0.4, 0.5) is 0 Å². The Kier molecular flexibility index (Phi) is 5.18. The highest BCUT2D eigenvalue weighted by molar-refractivity contribution is 7.80. The molecule has 1 aromatic rings. The van der Waals surface area contributed by atoms with E-state index in [1.165, 1.54) is 11.0 Å². The minimum Gasteiger partial charge on any atom is -0.392 e. The maximum atomic E-state index is 12.1. The average Bonchev–Trinajstić information content (AvgIpc) is 2.24. The lowest BCUT2D eigenvalue weighted by atomic mass is 10.2. The zero-order valence-corrected chi connectivity index (χ0v) is 11.6. The third-order valence-electron chi connectivity index (χ3n) is 2.18. The summed E-state index contributed by atoms with van der Waals surface area (Å²) in [6.45, 7) is 2.60. The van der Waals surface area contributed by atoms with Crippen molar-refractivity contribution in [3.8, 4) is 0 Å². The molecule has 0 bridgehead atoms. The van der Waals surface area contributed by atoms with Gasteiger partial charge in [-0.3, -0.25) is 4.79 Å². The van der Waals surface area contributed by atoms with Crippen LogP contribution in [0.25, 0.3) is 0 Å². The van der Waals surface area contributed by atoms with Gasteiger partial charge in [0.1, 0.15) is 0 Å². The predicted molar refractivity (Wildman–Crippen MR) is 74.8 cm³/mol. The first-order valence-electron chi connectivity index (χ1n) is 4.98. The van der Waals surface area contributed by atoms with E-state index in [-0.39, 0.29) is 17.4 Å². The smallest absolute Gasteiger partial charge is 0.255 e. The Morgan fingerprint density at radius 1 is 1.47 bits per heavy atom. The maximum Gasteiger partial charge on any atom is 0.255 e. The van der Waals surface area contributed by atoms with E-state index >= 15 is 0 Å². The van der Waals surface area contributed by atoms with Gasteiger partial charge in [0.2, 0.25) is 0 Å². The highest BCUT2D eigenvalue weighted by Gasteiger charge is 2.17. The molecule has 0 spiro atoms. The third kappa shape index (κ3) is 3.84. The highest BCUT2D eigenvalue weighted by Crippen LogP contribution is 2.22. The number of benzene rings is 1. The molecule has 0 aliphatic rings. The zero-order chi connectivity index (χ0) is 13.0. The van der Waals surface area contributed by atoms with Gasteiger partial charge in [-0.1, -0.05) is 35.4 Å². The fourth-order valence-electron chi connectivity index (χ4n) is 1.35. The molecule has 1 aromatic carbocycles. The number of thiocarbonyl (C=S) groups is 1. The number of likely N-dealkylation sites (N-methyl/N-ethyl adjacent to an activating group) is 1. The number of halogens is 2. The summed E-state index contributed by atoms with van der Waals surface area (Å²) in [5.41, 5.74) is 5.83. The fraction of sp³-hybridized carbons (Fsp3) is 0.273. The molecule has 2 N–H and O–H groups in total. The number of amides is 1. The summed E-state index contributed by atoms with van der Waals surface area (Å²) in [5, 5.41) is 0.813. The Hall–Kier alpha value is -0.840. The molecule has 3 nitrogen and oxygen atoms in total. The van der Waals surface area contributed by atoms with Crippen molar-refractivity contribution in [2.24, 2.45) is 5.73 Å². The molecule has 0 aromatic heterocycles. The maximum absolute atomic E-state index is 12.1. The van der Waals surface area contributed by atoms with Crippen molar-refractivity contribution in [2.45, 2.75) is 6.92 Å². The fourth-order valence-corrected chi connectivity index (χ4v) is 1.99. The molecule has 0 heterocycles. The minimum atomic E-state index is -0.207. The molecule has 92 valence electrons. The number of carbonyl (C=O) groups excluding carboxylic acids is 1. The van der Waals surface area contributed by atoms with Gasteiger partial charge >= 0.3 is 0 Å². The Morgan fingerprint density at radius 2 is 2.12 bits per heavy atom. The molecule has 1 rings (SSSR count). The van der Waals surface area contributed by atoms with Crippen molar-refractivity contribution >= 4 is 46.3 Å². The number of hydrogen-bond acceptors (Lipinski definition) is 2. The Balaban J connectivity index is 2.97. The summed E-state index contributed by atoms with van der Waals surface area (Å²) in [5.74, 6) is -0.207. The van der Waals surface area contributed by atoms with E-state index in [0.717, 1.165) is 0 Å². The minimum absolute atomic E-state index is 0.207. The second-order valence-corrected chi connectivity index (χ2v) is 4.78. The molecule has 0 aliphatic carbocycles. The first-order chi connectivity index (χ1) is 7.95. The van der Waals surface area contributed by atoms with Gasteiger partial charge in [0.25, 0.3) is 5.91 Å². The third-order valence-corrected chi connectivity index (χ3v) is 2.85. The number of nitrogens with two attached hydrogens (primary N) is 1. The quantitative estimate of drug-likeness (QED) is 0.868. The molecule has 0 radical (unpaired) electrons. The summed E-state index contributed by atoms with van der Waals surface area (Å²) < 4.78 is 0. The molecule has 0 aliphatic heterocycles. The topological polar surface area (TPSA) is 46.3 Å². The van der Waals surface area contributed by atoms with E-state index in [2.05, 4.69) is 0 Å². The van der Waals surface area contributed by atoms with Crippen LogP contribution >= 0.6 is 35.4 Å². The molecule has 0 saturated heterocycles. The lowest BCUT2D eigenvalue weighted by molar-refractivity contribution is 0.0788. The Morgan fingerprint density at radius 3 is 2.59 bits per heavy atom. The molecular formula is C11H12Cl2N2OS. The van der Waals surface area contributed by atoms with Crippen molar-refractivity contribution in [1.82, 2.24) is 4.90 Å². The van der Waals surface area contributed by atoms with Crippen LogP contribution in [-0.2, 0) is 0 Å². The van der Waals surface area contributed by atoms with Crippen LogP contribution in [0.2, 0.25) is 10.0 Å². The van der Waals surface area contributed by atoms with Crippen LogP contribution in [0.5, 0.6) is 0 Å². The molecule has 0 unspecified atom stereocenters. The first kappa shape index (κ1) is 14.2. The van der Waals surface area contributed by atoms with Crippen LogP contribution in [0.1, 0.15) is 17.3 Å². The SMILES string of the molecule is CCN(CC(N)=S)C(=O)c1ccc(Cl)cc1Cl. The first-order valence-corrected chi connectivity index (χ1v) is 6.14. The summed E-state index contributed by atoms with van der Waals surface area (Å²) in [4.78, 5) is 13.9. The monoisotopic (exact) mass is 290 g/mol. The van der Waals surface area contributed by atoms with Gasteiger partial charge in [0.05, 0.1) is 22.1 Å². The molecular weight excluding hydrogens is 279 g/mol. The Labute approximate surface area is 115 Å². The van der Waals surface area contributed by atoms with Crippen LogP contribution < -0.4 is 5.73 Å². The largest absolute Gasteiger partial charge is 0.392 e. The summed E-state index contributed by atoms with van der Waals surface area (Å²) in [6.07, 6.45) is 0. The standard InChI is InChI=1S/C11H12Cl2N2OS/c1-2-15(6-10(14)17)11(16)8-4-3-7(12)5-9(8)13/h3-5H,2,6H2,1H3,(H2,14,17). The van der Waals surface area contributed by atoms with E-state index in [4.69, 9.17) is 41.2 Å². The highest BCUT2D eigenvalue weighted by atomic mass is 35.5. The molecule has 1 amide bonds. The van der Waals surface area contributed by atoms with Gasteiger partial charge < -0.3 is 10.6 Å². The number of nitrogens with zero attached hydrogens (tertiary/aromatic N) is 1. The lowest BCUT2D eigenvalue weighted by Gasteiger charge is -2.20. The van der Waals surface area contributed by atoms with Gasteiger partial charge in [-0.15, -0.1) is 0 Å². The van der Waals surface area contributed by atoms with E-state index in [1.807, 2.05) is 6.92 Å². The number of hydrogen-bond donors (Lipinski definition) is 1. The molecule has 6 heteroatoms. The molecule has 0 saturated carbocycles. The van der Waals surface area contributed by atoms with E-state index in [1.54, 1.807) is 12.1 Å². The second-order valence-electron chi connectivity index (χ2n) is 3.41. The molecule has 17 heavy (non-hydrogen) atoms. The summed E-state index contributed by atoms with van der Waals surface area (Å²) in [6, 6.07) is 4.75. The van der Waals surface area contributed by atoms with Gasteiger partial charge in [-0.25, -0.2) is 0 Å². The Bertz CT molecular complexity index is 451. The molecule has 0 atom stereocenters. The van der Waals surface area contributed by atoms with Crippen LogP contribution in [0.15, 0.2) is 18.2 Å². The zero-order valence-electron chi connectivity index (χ0n) is 9.24. The second kappa shape index (κ2) is 6.19. The number of rotatable bonds is 4. The van der Waals surface area contributed by atoms with E-state index in [9.17, 15) is 4.79 Å². The van der Waals surface area contributed by atoms with Gasteiger partial charge in [0, 0.05) is 11.6 Å². The summed E-state index contributed by atoms with van der Waals surface area (Å²) in [7, 11) is 0. The van der Waals surface area contributed by atoms with Crippen LogP contribution in [-0.4, -0.2) is 28.9 Å². The van der Waals surface area contributed by atoms with E-state index in [0.29, 0.717) is 22.2 Å². The number of carbonyl (C=O) groups is 1. The van der Waals surface area contributed by atoms with Crippen LogP contribution in [0.3, 0.4) is 0 Å². The molecule has 0 fully saturated rings. The normalized spacial score (nSPS) is 10.1. The van der Waals surface area contributed by atoms with Gasteiger partial charge in [-0.05, 0) is 25.1 Å². The van der Waals surface area contributed by atoms with Crippen molar-refractivity contribution in [1.29, 1.82) is 0 Å². The average molecular weight is 291 g/mol. The van der Waals surface area contributed by atoms with Crippen molar-refractivity contribution in [3.05, 3.63) is 33.8 Å². The van der Waals surface area contributed by atoms with Gasteiger partial charge in [0.15, 0.2) is 0 Å². The van der Waals surface area contributed by atoms with Crippen molar-refractivity contribution in [2.75, 3.05) is 13.1 Å². The predicted octanol–water partition coefficient (Wildman–Crippen LogP) is 2.74. The van der Waals surface area contributed by atoms with Crippen molar-refractivity contribution < 1.29 is 4.79 Å².